The van der Waals surface area contributed by atoms with Crippen LogP contribution in [-0.4, -0.2) is 27.3 Å². The molecule has 0 saturated heterocycles. The van der Waals surface area contributed by atoms with Crippen molar-refractivity contribution in [1.29, 1.82) is 0 Å². The first kappa shape index (κ1) is 20.6. The number of hydrogen-bond donors (Lipinski definition) is 1. The SMILES string of the molecule is CCCCOc1ncccc1CNC(=O)c1cccc(Cn2nc(C)cc2C)c1. The number of aryl methyl sites for hydroxylation is 2. The van der Waals surface area contributed by atoms with Gasteiger partial charge in [0.25, 0.3) is 5.91 Å². The minimum atomic E-state index is -0.122. The lowest BCUT2D eigenvalue weighted by molar-refractivity contribution is 0.0950. The Kier molecular flexibility index (Phi) is 7.00. The molecule has 3 rings (SSSR count). The van der Waals surface area contributed by atoms with E-state index in [1.165, 1.54) is 0 Å². The summed E-state index contributed by atoms with van der Waals surface area (Å²) >= 11 is 0. The van der Waals surface area contributed by atoms with Crippen molar-refractivity contribution in [2.24, 2.45) is 0 Å². The second-order valence-electron chi connectivity index (χ2n) is 7.14. The Morgan fingerprint density at radius 2 is 2.03 bits per heavy atom. The van der Waals surface area contributed by atoms with Crippen LogP contribution in [0.4, 0.5) is 0 Å². The van der Waals surface area contributed by atoms with E-state index in [1.807, 2.05) is 61.0 Å². The van der Waals surface area contributed by atoms with E-state index in [9.17, 15) is 4.79 Å². The van der Waals surface area contributed by atoms with E-state index in [1.54, 1.807) is 6.20 Å². The number of benzene rings is 1. The van der Waals surface area contributed by atoms with E-state index in [4.69, 9.17) is 4.74 Å². The lowest BCUT2D eigenvalue weighted by Crippen LogP contribution is -2.23. The zero-order valence-electron chi connectivity index (χ0n) is 17.3. The average Bonchev–Trinajstić information content (AvgIpc) is 3.04. The third-order valence-corrected chi connectivity index (χ3v) is 4.65. The number of rotatable bonds is 9. The molecule has 0 spiro atoms. The summed E-state index contributed by atoms with van der Waals surface area (Å²) in [6.07, 6.45) is 3.74. The van der Waals surface area contributed by atoms with Gasteiger partial charge in [-0.25, -0.2) is 4.98 Å². The molecule has 1 aromatic carbocycles. The number of carbonyl (C=O) groups is 1. The molecule has 1 amide bonds. The lowest BCUT2D eigenvalue weighted by atomic mass is 10.1. The van der Waals surface area contributed by atoms with Gasteiger partial charge in [-0.3, -0.25) is 9.48 Å². The van der Waals surface area contributed by atoms with Gasteiger partial charge in [0.05, 0.1) is 18.8 Å². The molecular weight excluding hydrogens is 364 g/mol. The molecule has 0 aliphatic carbocycles. The van der Waals surface area contributed by atoms with Crippen molar-refractivity contribution >= 4 is 5.91 Å². The van der Waals surface area contributed by atoms with Crippen LogP contribution < -0.4 is 10.1 Å². The summed E-state index contributed by atoms with van der Waals surface area (Å²) in [5, 5.41) is 7.46. The number of amides is 1. The fourth-order valence-electron chi connectivity index (χ4n) is 3.10. The standard InChI is InChI=1S/C23H28N4O2/c1-4-5-12-29-23-21(10-7-11-24-23)15-25-22(28)20-9-6-8-19(14-20)16-27-18(3)13-17(2)26-27/h6-11,13-14H,4-5,12,15-16H2,1-3H3,(H,25,28). The molecule has 2 aromatic heterocycles. The largest absolute Gasteiger partial charge is 0.477 e. The summed E-state index contributed by atoms with van der Waals surface area (Å²) < 4.78 is 7.69. The molecule has 6 nitrogen and oxygen atoms in total. The highest BCUT2D eigenvalue weighted by Crippen LogP contribution is 2.15. The zero-order valence-corrected chi connectivity index (χ0v) is 17.3. The first-order valence-electron chi connectivity index (χ1n) is 10.0. The van der Waals surface area contributed by atoms with Crippen molar-refractivity contribution in [2.75, 3.05) is 6.61 Å². The summed E-state index contributed by atoms with van der Waals surface area (Å²) in [7, 11) is 0. The molecule has 29 heavy (non-hydrogen) atoms. The van der Waals surface area contributed by atoms with Gasteiger partial charge in [-0.1, -0.05) is 31.5 Å². The molecule has 0 aliphatic rings. The smallest absolute Gasteiger partial charge is 0.251 e. The van der Waals surface area contributed by atoms with Gasteiger partial charge in [-0.05, 0) is 50.1 Å². The number of carbonyl (C=O) groups excluding carboxylic acids is 1. The van der Waals surface area contributed by atoms with E-state index < -0.39 is 0 Å². The molecule has 0 bridgehead atoms. The van der Waals surface area contributed by atoms with Gasteiger partial charge in [0.2, 0.25) is 5.88 Å². The summed E-state index contributed by atoms with van der Waals surface area (Å²) in [6.45, 7) is 7.76. The van der Waals surface area contributed by atoms with E-state index in [-0.39, 0.29) is 5.91 Å². The maximum absolute atomic E-state index is 12.7. The number of unbranched alkanes of at least 4 members (excludes halogenated alkanes) is 1. The topological polar surface area (TPSA) is 69.0 Å². The van der Waals surface area contributed by atoms with Crippen LogP contribution in [0.25, 0.3) is 0 Å². The third-order valence-electron chi connectivity index (χ3n) is 4.65. The van der Waals surface area contributed by atoms with Crippen molar-refractivity contribution in [2.45, 2.75) is 46.7 Å². The minimum absolute atomic E-state index is 0.122. The number of nitrogens with zero attached hydrogens (tertiary/aromatic N) is 3. The van der Waals surface area contributed by atoms with Gasteiger partial charge >= 0.3 is 0 Å². The summed E-state index contributed by atoms with van der Waals surface area (Å²) in [5.41, 5.74) is 4.63. The Morgan fingerprint density at radius 3 is 2.79 bits per heavy atom. The van der Waals surface area contributed by atoms with Crippen molar-refractivity contribution in [3.63, 3.8) is 0 Å². The number of nitrogens with one attached hydrogen (secondary N) is 1. The van der Waals surface area contributed by atoms with Gasteiger partial charge in [0.1, 0.15) is 0 Å². The molecule has 0 saturated carbocycles. The van der Waals surface area contributed by atoms with Crippen LogP contribution in [0, 0.1) is 13.8 Å². The Morgan fingerprint density at radius 1 is 1.17 bits per heavy atom. The Labute approximate surface area is 171 Å². The van der Waals surface area contributed by atoms with Crippen LogP contribution in [0.5, 0.6) is 5.88 Å². The highest BCUT2D eigenvalue weighted by atomic mass is 16.5. The van der Waals surface area contributed by atoms with E-state index in [2.05, 4.69) is 22.3 Å². The Hall–Kier alpha value is -3.15. The van der Waals surface area contributed by atoms with Crippen molar-refractivity contribution in [1.82, 2.24) is 20.1 Å². The van der Waals surface area contributed by atoms with Crippen LogP contribution >= 0.6 is 0 Å². The number of hydrogen-bond acceptors (Lipinski definition) is 4. The zero-order chi connectivity index (χ0) is 20.6. The highest BCUT2D eigenvalue weighted by Gasteiger charge is 2.10. The molecule has 0 fully saturated rings. The Balaban J connectivity index is 1.64. The van der Waals surface area contributed by atoms with Gasteiger partial charge in [-0.15, -0.1) is 0 Å². The van der Waals surface area contributed by atoms with E-state index in [0.717, 1.165) is 35.4 Å². The molecule has 0 aliphatic heterocycles. The molecule has 0 atom stereocenters. The Bertz CT molecular complexity index is 965. The summed E-state index contributed by atoms with van der Waals surface area (Å²) in [5.74, 6) is 0.461. The second kappa shape index (κ2) is 9.87. The van der Waals surface area contributed by atoms with Crippen molar-refractivity contribution in [3.05, 3.63) is 76.7 Å². The molecule has 0 unspecified atom stereocenters. The number of pyridine rings is 1. The number of aromatic nitrogens is 3. The van der Waals surface area contributed by atoms with E-state index >= 15 is 0 Å². The molecule has 3 aromatic rings. The molecule has 1 N–H and O–H groups in total. The molecule has 152 valence electrons. The van der Waals surface area contributed by atoms with E-state index in [0.29, 0.717) is 31.1 Å². The van der Waals surface area contributed by atoms with Crippen molar-refractivity contribution in [3.8, 4) is 5.88 Å². The molecular formula is C23H28N4O2. The van der Waals surface area contributed by atoms with Crippen LogP contribution in [0.15, 0.2) is 48.7 Å². The fourth-order valence-corrected chi connectivity index (χ4v) is 3.10. The van der Waals surface area contributed by atoms with Gasteiger partial charge in [0, 0.05) is 29.6 Å². The fraction of sp³-hybridized carbons (Fsp3) is 0.348. The quantitative estimate of drug-likeness (QED) is 0.558. The van der Waals surface area contributed by atoms with Crippen LogP contribution in [0.1, 0.15) is 52.6 Å². The van der Waals surface area contributed by atoms with Gasteiger partial charge in [0.15, 0.2) is 0 Å². The highest BCUT2D eigenvalue weighted by molar-refractivity contribution is 5.94. The predicted molar refractivity (Wildman–Crippen MR) is 113 cm³/mol. The number of ether oxygens (including phenoxy) is 1. The normalized spacial score (nSPS) is 10.7. The molecule has 0 radical (unpaired) electrons. The monoisotopic (exact) mass is 392 g/mol. The van der Waals surface area contributed by atoms with Crippen molar-refractivity contribution < 1.29 is 9.53 Å². The maximum atomic E-state index is 12.7. The van der Waals surface area contributed by atoms with Crippen LogP contribution in [0.2, 0.25) is 0 Å². The minimum Gasteiger partial charge on any atom is -0.477 e. The summed E-state index contributed by atoms with van der Waals surface area (Å²) in [6, 6.07) is 13.5. The predicted octanol–water partition coefficient (Wildman–Crippen LogP) is 4.05. The lowest BCUT2D eigenvalue weighted by Gasteiger charge is -2.11. The van der Waals surface area contributed by atoms with Crippen LogP contribution in [0.3, 0.4) is 0 Å². The summed E-state index contributed by atoms with van der Waals surface area (Å²) in [4.78, 5) is 17.0. The van der Waals surface area contributed by atoms with Crippen LogP contribution in [-0.2, 0) is 13.1 Å². The first-order valence-corrected chi connectivity index (χ1v) is 10.0. The average molecular weight is 393 g/mol. The maximum Gasteiger partial charge on any atom is 0.251 e. The van der Waals surface area contributed by atoms with Gasteiger partial charge < -0.3 is 10.1 Å². The first-order chi connectivity index (χ1) is 14.1. The third kappa shape index (κ3) is 5.67. The molecule has 2 heterocycles. The van der Waals surface area contributed by atoms with Gasteiger partial charge in [-0.2, -0.15) is 5.10 Å². The molecule has 6 heteroatoms. The second-order valence-corrected chi connectivity index (χ2v) is 7.14.